The third kappa shape index (κ3) is 8.97. The maximum Gasteiger partial charge on any atom is 0.275 e. The highest BCUT2D eigenvalue weighted by molar-refractivity contribution is 7.90. The van der Waals surface area contributed by atoms with E-state index in [1.165, 1.54) is 35.0 Å². The van der Waals surface area contributed by atoms with Crippen molar-refractivity contribution in [3.05, 3.63) is 145 Å². The van der Waals surface area contributed by atoms with Gasteiger partial charge < -0.3 is 14.4 Å². The first-order valence-corrected chi connectivity index (χ1v) is 22.6. The van der Waals surface area contributed by atoms with E-state index in [0.29, 0.717) is 66.0 Å². The number of benzene rings is 4. The average Bonchev–Trinajstić information content (AvgIpc) is 3.79. The Labute approximate surface area is 364 Å². The second kappa shape index (κ2) is 18.2. The molecule has 2 aromatic heterocycles. The summed E-state index contributed by atoms with van der Waals surface area (Å²) in [5.41, 5.74) is 4.68. The zero-order valence-electron chi connectivity index (χ0n) is 33.6. The molecule has 1 aliphatic rings. The molecule has 4 aromatic carbocycles. The van der Waals surface area contributed by atoms with Gasteiger partial charge in [-0.1, -0.05) is 91.8 Å². The van der Waals surface area contributed by atoms with Crippen LogP contribution in [0, 0.1) is 6.92 Å². The molecule has 3 heterocycles. The third-order valence-corrected chi connectivity index (χ3v) is 13.4. The fourth-order valence-electron chi connectivity index (χ4n) is 7.45. The van der Waals surface area contributed by atoms with E-state index in [1.807, 2.05) is 41.1 Å². The molecule has 15 heteroatoms. The van der Waals surface area contributed by atoms with Gasteiger partial charge >= 0.3 is 0 Å². The predicted molar refractivity (Wildman–Crippen MR) is 236 cm³/mol. The summed E-state index contributed by atoms with van der Waals surface area (Å²) < 4.78 is 33.1. The van der Waals surface area contributed by atoms with Crippen molar-refractivity contribution in [3.63, 3.8) is 0 Å². The number of rotatable bonds is 14. The number of unbranched alkanes of at least 4 members (excludes halogenated alkanes) is 2. The largest absolute Gasteiger partial charge is 0.343 e. The zero-order valence-corrected chi connectivity index (χ0v) is 36.6. The molecule has 0 saturated carbocycles. The van der Waals surface area contributed by atoms with Crippen LogP contribution in [0.15, 0.2) is 96.0 Å². The van der Waals surface area contributed by atoms with Gasteiger partial charge in [0.05, 0.1) is 36.9 Å². The fraction of sp³-hybridized carbons (Fsp3) is 0.289. The second-order valence-corrected chi connectivity index (χ2v) is 17.9. The Kier molecular flexibility index (Phi) is 13.1. The lowest BCUT2D eigenvalue weighted by Gasteiger charge is -2.29. The first-order valence-electron chi connectivity index (χ1n) is 19.9. The molecule has 6 aromatic rings. The molecule has 0 fully saturated rings. The van der Waals surface area contributed by atoms with Crippen LogP contribution in [-0.4, -0.2) is 69.9 Å². The Balaban J connectivity index is 1.20. The number of carbonyl (C=O) groups is 3. The van der Waals surface area contributed by atoms with Crippen molar-refractivity contribution in [1.29, 1.82) is 0 Å². The second-order valence-electron chi connectivity index (χ2n) is 15.0. The maximum absolute atomic E-state index is 14.6. The number of fused-ring (bicyclic) bond motifs is 2. The van der Waals surface area contributed by atoms with Gasteiger partial charge in [0.25, 0.3) is 27.7 Å². The quantitative estimate of drug-likeness (QED) is 0.116. The Morgan fingerprint density at radius 1 is 0.850 bits per heavy atom. The van der Waals surface area contributed by atoms with Crippen molar-refractivity contribution in [2.45, 2.75) is 70.9 Å². The smallest absolute Gasteiger partial charge is 0.275 e. The number of amides is 3. The van der Waals surface area contributed by atoms with Crippen LogP contribution in [0.1, 0.15) is 93.1 Å². The first kappa shape index (κ1) is 43.0. The molecule has 60 heavy (non-hydrogen) atoms. The number of halogens is 3. The minimum Gasteiger partial charge on any atom is -0.343 e. The summed E-state index contributed by atoms with van der Waals surface area (Å²) in [4.78, 5) is 45.6. The Hall–Kier alpha value is -5.14. The normalized spacial score (nSPS) is 12.7. The van der Waals surface area contributed by atoms with Crippen LogP contribution in [0.3, 0.4) is 0 Å². The van der Waals surface area contributed by atoms with E-state index in [1.54, 1.807) is 41.0 Å². The van der Waals surface area contributed by atoms with E-state index < -0.39 is 15.9 Å². The van der Waals surface area contributed by atoms with Gasteiger partial charge in [-0.05, 0) is 97.5 Å². The van der Waals surface area contributed by atoms with E-state index in [4.69, 9.17) is 34.8 Å². The molecular formula is C45H45Cl3N6O5S. The van der Waals surface area contributed by atoms with Crippen molar-refractivity contribution in [2.24, 2.45) is 0 Å². The highest BCUT2D eigenvalue weighted by atomic mass is 35.5. The summed E-state index contributed by atoms with van der Waals surface area (Å²) in [5.74, 6) is -1.61. The SMILES string of the molecule is CCCCN(CCCC)C(=O)c1nn(-c2ccc(C(=O)NS(=O)(=O)c3ccc4c(ccn4Cc4ccc(Cl)c(Cl)c4)c3)cc2C(=O)N2CCc3ccccc3C2)c(C)c1Cl. The molecule has 0 bridgehead atoms. The van der Waals surface area contributed by atoms with E-state index in [-0.39, 0.29) is 38.6 Å². The van der Waals surface area contributed by atoms with Crippen molar-refractivity contribution < 1.29 is 22.8 Å². The van der Waals surface area contributed by atoms with Crippen LogP contribution in [0.2, 0.25) is 15.1 Å². The lowest BCUT2D eigenvalue weighted by Crippen LogP contribution is -2.37. The van der Waals surface area contributed by atoms with E-state index in [9.17, 15) is 22.8 Å². The number of carbonyl (C=O) groups excluding carboxylic acids is 3. The number of sulfonamides is 1. The molecule has 0 atom stereocenters. The lowest BCUT2D eigenvalue weighted by atomic mass is 9.98. The summed E-state index contributed by atoms with van der Waals surface area (Å²) in [7, 11) is -4.36. The van der Waals surface area contributed by atoms with E-state index in [0.717, 1.165) is 47.9 Å². The molecule has 0 unspecified atom stereocenters. The summed E-state index contributed by atoms with van der Waals surface area (Å²) in [6.45, 7) is 8.19. The van der Waals surface area contributed by atoms with Gasteiger partial charge in [0.1, 0.15) is 0 Å². The van der Waals surface area contributed by atoms with Gasteiger partial charge in [0.2, 0.25) is 0 Å². The van der Waals surface area contributed by atoms with Crippen molar-refractivity contribution in [3.8, 4) is 5.69 Å². The molecule has 11 nitrogen and oxygen atoms in total. The van der Waals surface area contributed by atoms with E-state index in [2.05, 4.69) is 23.7 Å². The summed E-state index contributed by atoms with van der Waals surface area (Å²) in [5, 5.41) is 6.39. The number of aromatic nitrogens is 3. The molecule has 1 N–H and O–H groups in total. The van der Waals surface area contributed by atoms with Crippen LogP contribution >= 0.6 is 34.8 Å². The first-order chi connectivity index (χ1) is 28.8. The third-order valence-electron chi connectivity index (χ3n) is 10.8. The molecule has 312 valence electrons. The number of nitrogens with one attached hydrogen (secondary N) is 1. The summed E-state index contributed by atoms with van der Waals surface area (Å²) in [6.07, 6.45) is 5.95. The Morgan fingerprint density at radius 2 is 1.58 bits per heavy atom. The molecule has 0 aliphatic carbocycles. The van der Waals surface area contributed by atoms with Gasteiger partial charge in [-0.25, -0.2) is 17.8 Å². The maximum atomic E-state index is 14.6. The fourth-order valence-corrected chi connectivity index (χ4v) is 8.98. The average molecular weight is 888 g/mol. The van der Waals surface area contributed by atoms with Crippen molar-refractivity contribution >= 4 is 73.5 Å². The highest BCUT2D eigenvalue weighted by Crippen LogP contribution is 2.30. The lowest BCUT2D eigenvalue weighted by molar-refractivity contribution is 0.0732. The molecular weight excluding hydrogens is 843 g/mol. The number of hydrogen-bond acceptors (Lipinski definition) is 6. The van der Waals surface area contributed by atoms with Gasteiger partial charge in [-0.3, -0.25) is 14.4 Å². The predicted octanol–water partition coefficient (Wildman–Crippen LogP) is 9.50. The Bertz CT molecular complexity index is 2720. The minimum absolute atomic E-state index is 0.0607. The topological polar surface area (TPSA) is 127 Å². The minimum atomic E-state index is -4.36. The molecule has 0 radical (unpaired) electrons. The molecule has 0 spiro atoms. The van der Waals surface area contributed by atoms with Crippen LogP contribution in [0.5, 0.6) is 0 Å². The Morgan fingerprint density at radius 3 is 2.30 bits per heavy atom. The van der Waals surface area contributed by atoms with Gasteiger partial charge in [0.15, 0.2) is 5.69 Å². The number of nitrogens with zero attached hydrogens (tertiary/aromatic N) is 5. The van der Waals surface area contributed by atoms with Crippen LogP contribution in [-0.2, 0) is 29.5 Å². The van der Waals surface area contributed by atoms with Crippen LogP contribution in [0.25, 0.3) is 16.6 Å². The van der Waals surface area contributed by atoms with Crippen LogP contribution in [0.4, 0.5) is 0 Å². The van der Waals surface area contributed by atoms with Crippen LogP contribution < -0.4 is 4.72 Å². The zero-order chi connectivity index (χ0) is 42.7. The molecule has 7 rings (SSSR count). The van der Waals surface area contributed by atoms with E-state index >= 15 is 0 Å². The standard InChI is InChI=1S/C45H45Cl3N6O5S/c1-4-6-20-51(21-7-5-2)45(57)42-41(48)29(3)54(49-42)40-16-13-33(26-36(40)44(56)53-23-18-31-10-8-9-11-34(31)28-53)43(55)50-60(58,59)35-14-17-39-32(25-35)19-22-52(39)27-30-12-15-37(46)38(47)24-30/h8-17,19,22,24-26H,4-7,18,20-21,23,27-28H2,1-3H3,(H,50,55). The van der Waals surface area contributed by atoms with Gasteiger partial charge in [-0.15, -0.1) is 0 Å². The van der Waals surface area contributed by atoms with Crippen molar-refractivity contribution in [1.82, 2.24) is 28.9 Å². The van der Waals surface area contributed by atoms with Gasteiger partial charge in [-0.2, -0.15) is 5.10 Å². The highest BCUT2D eigenvalue weighted by Gasteiger charge is 2.30. The number of hydrogen-bond donors (Lipinski definition) is 1. The summed E-state index contributed by atoms with van der Waals surface area (Å²) >= 11 is 19.1. The summed E-state index contributed by atoms with van der Waals surface area (Å²) in [6, 6.07) is 24.0. The van der Waals surface area contributed by atoms with Crippen molar-refractivity contribution in [2.75, 3.05) is 19.6 Å². The van der Waals surface area contributed by atoms with Gasteiger partial charge in [0, 0.05) is 55.4 Å². The molecule has 3 amide bonds. The molecule has 1 aliphatic heterocycles. The monoisotopic (exact) mass is 886 g/mol. The molecule has 0 saturated heterocycles.